The molecule has 1 unspecified atom stereocenters. The average Bonchev–Trinajstić information content (AvgIpc) is 2.45. The van der Waals surface area contributed by atoms with Gasteiger partial charge in [-0.1, -0.05) is 24.3 Å². The first-order valence-electron chi connectivity index (χ1n) is 6.08. The normalized spacial score (nSPS) is 13.0. The number of aliphatic carboxylic acids is 1. The lowest BCUT2D eigenvalue weighted by Gasteiger charge is -2.16. The molecule has 0 saturated heterocycles. The summed E-state index contributed by atoms with van der Waals surface area (Å²) in [6.45, 7) is 0. The van der Waals surface area contributed by atoms with Crippen molar-refractivity contribution in [3.05, 3.63) is 59.4 Å². The van der Waals surface area contributed by atoms with E-state index in [1.165, 1.54) is 18.2 Å². The van der Waals surface area contributed by atoms with Crippen molar-refractivity contribution in [2.45, 2.75) is 12.3 Å². The summed E-state index contributed by atoms with van der Waals surface area (Å²) in [4.78, 5) is 10.9. The fraction of sp³-hybridized carbons (Fsp3) is 0.133. The van der Waals surface area contributed by atoms with Crippen molar-refractivity contribution < 1.29 is 32.6 Å². The molecule has 0 spiro atoms. The van der Waals surface area contributed by atoms with Crippen LogP contribution in [0.15, 0.2) is 42.5 Å². The van der Waals surface area contributed by atoms with Crippen molar-refractivity contribution in [2.24, 2.45) is 0 Å². The first kappa shape index (κ1) is 16.0. The van der Waals surface area contributed by atoms with Crippen molar-refractivity contribution in [3.8, 4) is 11.1 Å². The molecule has 22 heavy (non-hydrogen) atoms. The highest BCUT2D eigenvalue weighted by Gasteiger charge is 2.33. The molecular weight excluding hydrogens is 304 g/mol. The Bertz CT molecular complexity index is 710. The lowest BCUT2D eigenvalue weighted by molar-refractivity contribution is -0.147. The van der Waals surface area contributed by atoms with E-state index in [1.54, 1.807) is 0 Å². The van der Waals surface area contributed by atoms with E-state index in [2.05, 4.69) is 0 Å². The Morgan fingerprint density at radius 1 is 1.05 bits per heavy atom. The molecule has 0 aliphatic carbocycles. The van der Waals surface area contributed by atoms with Crippen LogP contribution in [0.1, 0.15) is 17.2 Å². The van der Waals surface area contributed by atoms with E-state index >= 15 is 0 Å². The van der Waals surface area contributed by atoms with Crippen LogP contribution in [-0.4, -0.2) is 16.2 Å². The summed E-state index contributed by atoms with van der Waals surface area (Å²) in [7, 11) is 0. The van der Waals surface area contributed by atoms with Crippen LogP contribution in [0.25, 0.3) is 11.1 Å². The predicted octanol–water partition coefficient (Wildman–Crippen LogP) is 3.63. The summed E-state index contributed by atoms with van der Waals surface area (Å²) in [5.74, 6) is -2.46. The highest BCUT2D eigenvalue weighted by atomic mass is 19.4. The molecule has 3 nitrogen and oxygen atoms in total. The maximum atomic E-state index is 13.8. The van der Waals surface area contributed by atoms with Crippen LogP contribution in [-0.2, 0) is 11.0 Å². The SMILES string of the molecule is O=C(O)C(O)c1cc(C(F)(F)F)ccc1-c1ccccc1F. The first-order valence-corrected chi connectivity index (χ1v) is 6.08. The van der Waals surface area contributed by atoms with E-state index < -0.39 is 35.2 Å². The standard InChI is InChI=1S/C15H10F4O3/c16-12-4-2-1-3-10(12)9-6-5-8(15(17,18)19)7-11(9)13(20)14(21)22/h1-7,13,20H,(H,21,22). The number of carboxylic acids is 1. The van der Waals surface area contributed by atoms with Crippen molar-refractivity contribution in [1.29, 1.82) is 0 Å². The van der Waals surface area contributed by atoms with Crippen LogP contribution in [0.2, 0.25) is 0 Å². The van der Waals surface area contributed by atoms with Gasteiger partial charge in [-0.15, -0.1) is 0 Å². The summed E-state index contributed by atoms with van der Waals surface area (Å²) in [6, 6.07) is 7.38. The van der Waals surface area contributed by atoms with Gasteiger partial charge in [-0.25, -0.2) is 9.18 Å². The second-order valence-electron chi connectivity index (χ2n) is 4.52. The Kier molecular flexibility index (Phi) is 4.18. The number of halogens is 4. The Labute approximate surface area is 122 Å². The minimum Gasteiger partial charge on any atom is -0.479 e. The molecule has 0 aliphatic rings. The van der Waals surface area contributed by atoms with Gasteiger partial charge in [0, 0.05) is 11.1 Å². The number of rotatable bonds is 3. The molecule has 116 valence electrons. The predicted molar refractivity (Wildman–Crippen MR) is 69.4 cm³/mol. The molecule has 0 fully saturated rings. The Hall–Kier alpha value is -2.41. The molecule has 1 atom stereocenters. The second-order valence-corrected chi connectivity index (χ2v) is 4.52. The Morgan fingerprint density at radius 3 is 2.23 bits per heavy atom. The topological polar surface area (TPSA) is 57.5 Å². The lowest BCUT2D eigenvalue weighted by Crippen LogP contribution is -2.14. The van der Waals surface area contributed by atoms with E-state index in [1.807, 2.05) is 0 Å². The molecular formula is C15H10F4O3. The summed E-state index contributed by atoms with van der Waals surface area (Å²) >= 11 is 0. The summed E-state index contributed by atoms with van der Waals surface area (Å²) in [6.07, 6.45) is -6.90. The first-order chi connectivity index (χ1) is 10.2. The van der Waals surface area contributed by atoms with E-state index in [-0.39, 0.29) is 11.1 Å². The molecule has 0 aliphatic heterocycles. The van der Waals surface area contributed by atoms with Crippen LogP contribution in [0, 0.1) is 5.82 Å². The van der Waals surface area contributed by atoms with E-state index in [0.29, 0.717) is 12.1 Å². The van der Waals surface area contributed by atoms with Gasteiger partial charge in [0.05, 0.1) is 5.56 Å². The summed E-state index contributed by atoms with van der Waals surface area (Å²) in [5.41, 5.74) is -1.84. The lowest BCUT2D eigenvalue weighted by atomic mass is 9.93. The third kappa shape index (κ3) is 3.09. The van der Waals surface area contributed by atoms with Gasteiger partial charge in [0.2, 0.25) is 0 Å². The maximum absolute atomic E-state index is 13.8. The van der Waals surface area contributed by atoms with E-state index in [4.69, 9.17) is 5.11 Å². The number of hydrogen-bond donors (Lipinski definition) is 2. The Balaban J connectivity index is 2.69. The fourth-order valence-electron chi connectivity index (χ4n) is 2.02. The smallest absolute Gasteiger partial charge is 0.416 e. The van der Waals surface area contributed by atoms with E-state index in [0.717, 1.165) is 12.1 Å². The molecule has 0 amide bonds. The molecule has 0 heterocycles. The van der Waals surface area contributed by atoms with Gasteiger partial charge >= 0.3 is 12.1 Å². The summed E-state index contributed by atoms with van der Waals surface area (Å²) in [5, 5.41) is 18.5. The van der Waals surface area contributed by atoms with Gasteiger partial charge in [0.15, 0.2) is 6.10 Å². The molecule has 0 saturated carbocycles. The van der Waals surface area contributed by atoms with Crippen LogP contribution in [0.4, 0.5) is 17.6 Å². The van der Waals surface area contributed by atoms with Crippen molar-refractivity contribution in [1.82, 2.24) is 0 Å². The quantitative estimate of drug-likeness (QED) is 0.851. The highest BCUT2D eigenvalue weighted by molar-refractivity contribution is 5.80. The van der Waals surface area contributed by atoms with Crippen LogP contribution >= 0.6 is 0 Å². The summed E-state index contributed by atoms with van der Waals surface area (Å²) < 4.78 is 52.0. The van der Waals surface area contributed by atoms with E-state index in [9.17, 15) is 27.5 Å². The fourth-order valence-corrected chi connectivity index (χ4v) is 2.02. The number of aliphatic hydroxyl groups is 1. The molecule has 0 bridgehead atoms. The molecule has 2 aromatic rings. The number of alkyl halides is 3. The molecule has 2 aromatic carbocycles. The van der Waals surface area contributed by atoms with Gasteiger partial charge in [-0.3, -0.25) is 0 Å². The zero-order valence-electron chi connectivity index (χ0n) is 10.9. The van der Waals surface area contributed by atoms with Gasteiger partial charge in [-0.2, -0.15) is 13.2 Å². The Morgan fingerprint density at radius 2 is 1.68 bits per heavy atom. The second kappa shape index (κ2) is 5.76. The average molecular weight is 314 g/mol. The van der Waals surface area contributed by atoms with Crippen LogP contribution in [0.3, 0.4) is 0 Å². The molecule has 7 heteroatoms. The third-order valence-corrected chi connectivity index (χ3v) is 3.07. The third-order valence-electron chi connectivity index (χ3n) is 3.07. The highest BCUT2D eigenvalue weighted by Crippen LogP contribution is 2.36. The van der Waals surface area contributed by atoms with Crippen LogP contribution in [0.5, 0.6) is 0 Å². The van der Waals surface area contributed by atoms with Crippen molar-refractivity contribution >= 4 is 5.97 Å². The minimum absolute atomic E-state index is 0.0912. The number of carbonyl (C=O) groups is 1. The van der Waals surface area contributed by atoms with Crippen molar-refractivity contribution in [3.63, 3.8) is 0 Å². The molecule has 0 radical (unpaired) electrons. The van der Waals surface area contributed by atoms with Crippen LogP contribution < -0.4 is 0 Å². The number of carboxylic acid groups (broad SMARTS) is 1. The van der Waals surface area contributed by atoms with Crippen molar-refractivity contribution in [2.75, 3.05) is 0 Å². The number of hydrogen-bond acceptors (Lipinski definition) is 2. The zero-order chi connectivity index (χ0) is 16.5. The zero-order valence-corrected chi connectivity index (χ0v) is 10.9. The number of benzene rings is 2. The largest absolute Gasteiger partial charge is 0.479 e. The van der Waals surface area contributed by atoms with Gasteiger partial charge in [-0.05, 0) is 23.8 Å². The van der Waals surface area contributed by atoms with Gasteiger partial charge in [0.1, 0.15) is 5.82 Å². The van der Waals surface area contributed by atoms with Gasteiger partial charge < -0.3 is 10.2 Å². The molecule has 2 rings (SSSR count). The maximum Gasteiger partial charge on any atom is 0.416 e. The monoisotopic (exact) mass is 314 g/mol. The molecule has 0 aromatic heterocycles. The minimum atomic E-state index is -4.71. The molecule has 2 N–H and O–H groups in total. The number of aliphatic hydroxyl groups excluding tert-OH is 1. The van der Waals surface area contributed by atoms with Gasteiger partial charge in [0.25, 0.3) is 0 Å².